The lowest BCUT2D eigenvalue weighted by Gasteiger charge is -2.22. The number of hydrogen-bond acceptors (Lipinski definition) is 4. The van der Waals surface area contributed by atoms with Crippen LogP contribution in [0.1, 0.15) is 22.8 Å². The molecule has 0 aliphatic heterocycles. The Morgan fingerprint density at radius 1 is 1.21 bits per heavy atom. The Bertz CT molecular complexity index is 830. The monoisotopic (exact) mass is 337 g/mol. The van der Waals surface area contributed by atoms with E-state index in [-0.39, 0.29) is 5.91 Å². The Hall–Kier alpha value is -2.66. The van der Waals surface area contributed by atoms with Crippen molar-refractivity contribution in [3.05, 3.63) is 71.2 Å². The second kappa shape index (κ2) is 7.27. The lowest BCUT2D eigenvalue weighted by atomic mass is 10.1. The minimum Gasteiger partial charge on any atom is -0.332 e. The number of rotatable bonds is 5. The Kier molecular flexibility index (Phi) is 4.91. The van der Waals surface area contributed by atoms with E-state index in [1.807, 2.05) is 67.8 Å². The number of hydrogen-bond donors (Lipinski definition) is 1. The summed E-state index contributed by atoms with van der Waals surface area (Å²) in [6.45, 7) is 4.63. The Balaban J connectivity index is 1.85. The summed E-state index contributed by atoms with van der Waals surface area (Å²) in [5, 5.41) is 5.94. The average molecular weight is 337 g/mol. The normalized spacial score (nSPS) is 10.4. The second-order valence-electron chi connectivity index (χ2n) is 5.43. The van der Waals surface area contributed by atoms with Gasteiger partial charge in [0.05, 0.1) is 0 Å². The van der Waals surface area contributed by atoms with E-state index in [2.05, 4.69) is 10.3 Å². The fraction of sp³-hybridized carbons (Fsp3) is 0.158. The first kappa shape index (κ1) is 16.2. The lowest BCUT2D eigenvalue weighted by Crippen LogP contribution is -2.30. The number of aromatic nitrogens is 1. The van der Waals surface area contributed by atoms with E-state index in [4.69, 9.17) is 0 Å². The van der Waals surface area contributed by atoms with Gasteiger partial charge < -0.3 is 10.2 Å². The first-order chi connectivity index (χ1) is 11.7. The van der Waals surface area contributed by atoms with Gasteiger partial charge >= 0.3 is 0 Å². The molecule has 2 aromatic carbocycles. The van der Waals surface area contributed by atoms with Gasteiger partial charge in [0.1, 0.15) is 0 Å². The van der Waals surface area contributed by atoms with Crippen molar-refractivity contribution in [1.82, 2.24) is 4.98 Å². The number of thiazole rings is 1. The van der Waals surface area contributed by atoms with Crippen LogP contribution < -0.4 is 10.2 Å². The van der Waals surface area contributed by atoms with Crippen LogP contribution in [-0.2, 0) is 0 Å². The Morgan fingerprint density at radius 2 is 2.04 bits per heavy atom. The predicted octanol–water partition coefficient (Wildman–Crippen LogP) is 4.86. The highest BCUT2D eigenvalue weighted by molar-refractivity contribution is 7.13. The van der Waals surface area contributed by atoms with Crippen LogP contribution in [0.25, 0.3) is 0 Å². The van der Waals surface area contributed by atoms with E-state index in [1.54, 1.807) is 11.1 Å². The SMILES string of the molecule is CCN(C(=O)c1cccc(Nc2nccs2)c1)c1cccc(C)c1. The molecule has 1 aromatic heterocycles. The number of amides is 1. The van der Waals surface area contributed by atoms with Gasteiger partial charge in [-0.1, -0.05) is 18.2 Å². The van der Waals surface area contributed by atoms with Crippen molar-refractivity contribution in [3.8, 4) is 0 Å². The third-order valence-electron chi connectivity index (χ3n) is 3.67. The lowest BCUT2D eigenvalue weighted by molar-refractivity contribution is 0.0988. The Labute approximate surface area is 145 Å². The fourth-order valence-corrected chi connectivity index (χ4v) is 3.08. The highest BCUT2D eigenvalue weighted by Crippen LogP contribution is 2.22. The molecule has 0 saturated carbocycles. The van der Waals surface area contributed by atoms with Gasteiger partial charge in [0, 0.05) is 35.1 Å². The number of carbonyl (C=O) groups is 1. The molecule has 24 heavy (non-hydrogen) atoms. The third-order valence-corrected chi connectivity index (χ3v) is 4.36. The van der Waals surface area contributed by atoms with E-state index < -0.39 is 0 Å². The van der Waals surface area contributed by atoms with Crippen LogP contribution in [0.15, 0.2) is 60.1 Å². The van der Waals surface area contributed by atoms with Crippen molar-refractivity contribution in [3.63, 3.8) is 0 Å². The van der Waals surface area contributed by atoms with Crippen molar-refractivity contribution in [2.45, 2.75) is 13.8 Å². The summed E-state index contributed by atoms with van der Waals surface area (Å²) in [5.74, 6) is -0.00844. The van der Waals surface area contributed by atoms with Gasteiger partial charge in [0.25, 0.3) is 5.91 Å². The van der Waals surface area contributed by atoms with Gasteiger partial charge in [0.15, 0.2) is 5.13 Å². The first-order valence-electron chi connectivity index (χ1n) is 7.82. The van der Waals surface area contributed by atoms with Gasteiger partial charge in [0.2, 0.25) is 0 Å². The van der Waals surface area contributed by atoms with E-state index in [1.165, 1.54) is 11.3 Å². The van der Waals surface area contributed by atoms with Crippen LogP contribution in [-0.4, -0.2) is 17.4 Å². The molecule has 0 bridgehead atoms. The van der Waals surface area contributed by atoms with Crippen molar-refractivity contribution >= 4 is 33.8 Å². The summed E-state index contributed by atoms with van der Waals surface area (Å²) in [4.78, 5) is 18.9. The van der Waals surface area contributed by atoms with Crippen molar-refractivity contribution in [2.75, 3.05) is 16.8 Å². The molecule has 3 rings (SSSR count). The molecule has 4 nitrogen and oxygen atoms in total. The van der Waals surface area contributed by atoms with Crippen molar-refractivity contribution in [1.29, 1.82) is 0 Å². The number of nitrogens with one attached hydrogen (secondary N) is 1. The number of nitrogens with zero attached hydrogens (tertiary/aromatic N) is 2. The molecule has 0 unspecified atom stereocenters. The first-order valence-corrected chi connectivity index (χ1v) is 8.70. The molecule has 0 spiro atoms. The molecule has 3 aromatic rings. The molecular formula is C19H19N3OS. The van der Waals surface area contributed by atoms with E-state index in [0.29, 0.717) is 12.1 Å². The maximum atomic E-state index is 12.9. The fourth-order valence-electron chi connectivity index (χ4n) is 2.53. The summed E-state index contributed by atoms with van der Waals surface area (Å²) >= 11 is 1.52. The zero-order chi connectivity index (χ0) is 16.9. The number of aryl methyl sites for hydroxylation is 1. The zero-order valence-corrected chi connectivity index (χ0v) is 14.5. The predicted molar refractivity (Wildman–Crippen MR) is 100 cm³/mol. The molecule has 0 atom stereocenters. The summed E-state index contributed by atoms with van der Waals surface area (Å²) < 4.78 is 0. The molecule has 0 fully saturated rings. The van der Waals surface area contributed by atoms with Crippen LogP contribution in [0.3, 0.4) is 0 Å². The van der Waals surface area contributed by atoms with Crippen LogP contribution in [0.5, 0.6) is 0 Å². The summed E-state index contributed by atoms with van der Waals surface area (Å²) in [6.07, 6.45) is 1.75. The largest absolute Gasteiger partial charge is 0.332 e. The Morgan fingerprint density at radius 3 is 2.75 bits per heavy atom. The molecule has 0 aliphatic rings. The minimum absolute atomic E-state index is 0.00844. The number of benzene rings is 2. The zero-order valence-electron chi connectivity index (χ0n) is 13.7. The van der Waals surface area contributed by atoms with Gasteiger partial charge in [-0.05, 0) is 49.7 Å². The summed E-state index contributed by atoms with van der Waals surface area (Å²) in [5.41, 5.74) is 3.56. The van der Waals surface area contributed by atoms with Crippen LogP contribution in [0, 0.1) is 6.92 Å². The maximum Gasteiger partial charge on any atom is 0.258 e. The van der Waals surface area contributed by atoms with Gasteiger partial charge in [-0.2, -0.15) is 0 Å². The molecular weight excluding hydrogens is 318 g/mol. The highest BCUT2D eigenvalue weighted by atomic mass is 32.1. The minimum atomic E-state index is -0.00844. The van der Waals surface area contributed by atoms with Gasteiger partial charge in [-0.25, -0.2) is 4.98 Å². The van der Waals surface area contributed by atoms with Gasteiger partial charge in [-0.15, -0.1) is 11.3 Å². The molecule has 0 saturated heterocycles. The van der Waals surface area contributed by atoms with E-state index in [0.717, 1.165) is 22.1 Å². The number of carbonyl (C=O) groups excluding carboxylic acids is 1. The maximum absolute atomic E-state index is 12.9. The summed E-state index contributed by atoms with van der Waals surface area (Å²) in [7, 11) is 0. The van der Waals surface area contributed by atoms with Crippen LogP contribution in [0.2, 0.25) is 0 Å². The number of anilines is 3. The van der Waals surface area contributed by atoms with E-state index >= 15 is 0 Å². The molecule has 0 aliphatic carbocycles. The quantitative estimate of drug-likeness (QED) is 0.723. The standard InChI is InChI=1S/C19H19N3OS/c1-3-22(17-9-4-6-14(2)12-17)18(23)15-7-5-8-16(13-15)21-19-20-10-11-24-19/h4-13H,3H2,1-2H3,(H,20,21). The third kappa shape index (κ3) is 3.63. The summed E-state index contributed by atoms with van der Waals surface area (Å²) in [6, 6.07) is 15.5. The van der Waals surface area contributed by atoms with Gasteiger partial charge in [-0.3, -0.25) is 4.79 Å². The molecule has 0 radical (unpaired) electrons. The molecule has 1 N–H and O–H groups in total. The van der Waals surface area contributed by atoms with Crippen molar-refractivity contribution in [2.24, 2.45) is 0 Å². The molecule has 1 amide bonds. The highest BCUT2D eigenvalue weighted by Gasteiger charge is 2.16. The molecule has 1 heterocycles. The van der Waals surface area contributed by atoms with Crippen LogP contribution >= 0.6 is 11.3 Å². The van der Waals surface area contributed by atoms with Crippen LogP contribution in [0.4, 0.5) is 16.5 Å². The average Bonchev–Trinajstić information content (AvgIpc) is 3.09. The second-order valence-corrected chi connectivity index (χ2v) is 6.33. The van der Waals surface area contributed by atoms with E-state index in [9.17, 15) is 4.79 Å². The topological polar surface area (TPSA) is 45.2 Å². The van der Waals surface area contributed by atoms with Crippen molar-refractivity contribution < 1.29 is 4.79 Å². The molecule has 122 valence electrons. The molecule has 5 heteroatoms. The smallest absolute Gasteiger partial charge is 0.258 e.